The summed E-state index contributed by atoms with van der Waals surface area (Å²) in [6, 6.07) is 1.48. The lowest BCUT2D eigenvalue weighted by atomic mass is 10.2. The van der Waals surface area contributed by atoms with Gasteiger partial charge in [0.15, 0.2) is 9.84 Å². The lowest BCUT2D eigenvalue weighted by molar-refractivity contribution is 0.0938. The van der Waals surface area contributed by atoms with Crippen molar-refractivity contribution in [2.75, 3.05) is 11.5 Å². The average Bonchev–Trinajstić information content (AvgIpc) is 2.63. The number of hydrogen-bond acceptors (Lipinski definition) is 4. The summed E-state index contributed by atoms with van der Waals surface area (Å²) in [7, 11) is -2.98. The van der Waals surface area contributed by atoms with Crippen molar-refractivity contribution in [1.29, 1.82) is 0 Å². The lowest BCUT2D eigenvalue weighted by Crippen LogP contribution is -2.43. The van der Waals surface area contributed by atoms with E-state index in [1.807, 2.05) is 0 Å². The van der Waals surface area contributed by atoms with E-state index in [2.05, 4.69) is 21.2 Å². The molecule has 1 N–H and O–H groups in total. The van der Waals surface area contributed by atoms with Gasteiger partial charge in [-0.05, 0) is 34.8 Å². The number of carbonyl (C=O) groups is 1. The van der Waals surface area contributed by atoms with Gasteiger partial charge in [0, 0.05) is 11.4 Å². The van der Waals surface area contributed by atoms with Gasteiger partial charge in [0.05, 0.1) is 20.9 Å². The minimum absolute atomic E-state index is 0.0596. The Morgan fingerprint density at radius 3 is 2.88 bits per heavy atom. The predicted octanol–water partition coefficient (Wildman–Crippen LogP) is 1.82. The molecule has 0 saturated carbocycles. The minimum Gasteiger partial charge on any atom is -0.348 e. The number of nitrogens with one attached hydrogen (secondary N) is 1. The van der Waals surface area contributed by atoms with Gasteiger partial charge in [-0.2, -0.15) is 0 Å². The third-order valence-corrected chi connectivity index (χ3v) is 5.95. The molecule has 1 aliphatic rings. The van der Waals surface area contributed by atoms with Gasteiger partial charge in [0.25, 0.3) is 5.91 Å². The maximum absolute atomic E-state index is 11.8. The first-order valence-corrected chi connectivity index (χ1v) is 8.71. The van der Waals surface area contributed by atoms with Crippen molar-refractivity contribution in [1.82, 2.24) is 5.32 Å². The highest BCUT2D eigenvalue weighted by atomic mass is 79.9. The van der Waals surface area contributed by atoms with Gasteiger partial charge in [0.1, 0.15) is 0 Å². The number of carbonyl (C=O) groups excluding carboxylic acids is 1. The van der Waals surface area contributed by atoms with Gasteiger partial charge in [-0.25, -0.2) is 8.42 Å². The SMILES string of the molecule is O=C(NC1CCCS(=O)(=O)C1)c1csc(Br)c1. The smallest absolute Gasteiger partial charge is 0.252 e. The number of rotatable bonds is 2. The summed E-state index contributed by atoms with van der Waals surface area (Å²) in [5.74, 6) is 0.0991. The largest absolute Gasteiger partial charge is 0.348 e. The van der Waals surface area contributed by atoms with Crippen molar-refractivity contribution in [3.8, 4) is 0 Å². The molecule has 1 amide bonds. The lowest BCUT2D eigenvalue weighted by Gasteiger charge is -2.22. The van der Waals surface area contributed by atoms with Crippen LogP contribution in [0.1, 0.15) is 23.2 Å². The van der Waals surface area contributed by atoms with Crippen LogP contribution in [0.2, 0.25) is 0 Å². The third kappa shape index (κ3) is 3.53. The van der Waals surface area contributed by atoms with Crippen LogP contribution >= 0.6 is 27.3 Å². The van der Waals surface area contributed by atoms with Crippen molar-refractivity contribution >= 4 is 43.0 Å². The maximum Gasteiger partial charge on any atom is 0.252 e. The second kappa shape index (κ2) is 5.07. The molecule has 2 rings (SSSR count). The quantitative estimate of drug-likeness (QED) is 0.895. The number of halogens is 1. The molecule has 94 valence electrons. The summed E-state index contributed by atoms with van der Waals surface area (Å²) in [5.41, 5.74) is 0.574. The molecule has 1 saturated heterocycles. The molecule has 0 spiro atoms. The fourth-order valence-corrected chi connectivity index (χ4v) is 4.61. The maximum atomic E-state index is 11.8. The van der Waals surface area contributed by atoms with E-state index in [0.29, 0.717) is 12.0 Å². The highest BCUT2D eigenvalue weighted by Gasteiger charge is 2.26. The van der Waals surface area contributed by atoms with Crippen LogP contribution in [0.5, 0.6) is 0 Å². The molecule has 0 bridgehead atoms. The van der Waals surface area contributed by atoms with Crippen molar-refractivity contribution in [3.05, 3.63) is 20.8 Å². The average molecular weight is 338 g/mol. The van der Waals surface area contributed by atoms with Crippen molar-refractivity contribution in [2.45, 2.75) is 18.9 Å². The molecule has 1 atom stereocenters. The second-order valence-corrected chi connectivity index (χ2v) is 8.59. The molecule has 4 nitrogen and oxygen atoms in total. The molecule has 1 unspecified atom stereocenters. The van der Waals surface area contributed by atoms with Crippen LogP contribution in [-0.4, -0.2) is 31.9 Å². The van der Waals surface area contributed by atoms with E-state index in [4.69, 9.17) is 0 Å². The summed E-state index contributed by atoms with van der Waals surface area (Å²) in [5, 5.41) is 4.52. The Labute approximate surface area is 112 Å². The highest BCUT2D eigenvalue weighted by molar-refractivity contribution is 9.11. The number of thiophene rings is 1. The summed E-state index contributed by atoms with van der Waals surface area (Å²) in [4.78, 5) is 11.8. The van der Waals surface area contributed by atoms with E-state index in [1.54, 1.807) is 11.4 Å². The summed E-state index contributed by atoms with van der Waals surface area (Å²) < 4.78 is 23.7. The Kier molecular flexibility index (Phi) is 3.89. The van der Waals surface area contributed by atoms with E-state index in [9.17, 15) is 13.2 Å². The van der Waals surface area contributed by atoms with E-state index >= 15 is 0 Å². The van der Waals surface area contributed by atoms with E-state index in [-0.39, 0.29) is 23.5 Å². The van der Waals surface area contributed by atoms with Crippen molar-refractivity contribution in [3.63, 3.8) is 0 Å². The molecular formula is C10H12BrNO3S2. The zero-order valence-electron chi connectivity index (χ0n) is 8.98. The minimum atomic E-state index is -2.98. The Balaban J connectivity index is 1.99. The number of hydrogen-bond donors (Lipinski definition) is 1. The molecule has 1 aromatic heterocycles. The Bertz CT molecular complexity index is 523. The van der Waals surface area contributed by atoms with Crippen LogP contribution in [0.3, 0.4) is 0 Å². The molecule has 0 aromatic carbocycles. The van der Waals surface area contributed by atoms with Crippen LogP contribution in [0.25, 0.3) is 0 Å². The molecule has 17 heavy (non-hydrogen) atoms. The van der Waals surface area contributed by atoms with Gasteiger partial charge in [-0.15, -0.1) is 11.3 Å². The number of sulfone groups is 1. The van der Waals surface area contributed by atoms with Crippen LogP contribution < -0.4 is 5.32 Å². The van der Waals surface area contributed by atoms with Gasteiger partial charge >= 0.3 is 0 Å². The summed E-state index contributed by atoms with van der Waals surface area (Å²) in [6.07, 6.45) is 1.36. The monoisotopic (exact) mass is 337 g/mol. The van der Waals surface area contributed by atoms with Gasteiger partial charge in [-0.1, -0.05) is 0 Å². The fraction of sp³-hybridized carbons (Fsp3) is 0.500. The fourth-order valence-electron chi connectivity index (χ4n) is 1.83. The first-order valence-electron chi connectivity index (χ1n) is 5.21. The second-order valence-electron chi connectivity index (χ2n) is 4.07. The van der Waals surface area contributed by atoms with Gasteiger partial charge in [0.2, 0.25) is 0 Å². The zero-order chi connectivity index (χ0) is 12.5. The molecule has 1 aliphatic heterocycles. The van der Waals surface area contributed by atoms with E-state index in [1.165, 1.54) is 11.3 Å². The Hall–Kier alpha value is -0.400. The first kappa shape index (κ1) is 13.0. The van der Waals surface area contributed by atoms with Gasteiger partial charge in [-0.3, -0.25) is 4.79 Å². The third-order valence-electron chi connectivity index (χ3n) is 2.63. The van der Waals surface area contributed by atoms with Crippen LogP contribution in [0, 0.1) is 0 Å². The standard InChI is InChI=1S/C10H12BrNO3S2/c11-9-4-7(5-16-9)10(13)12-8-2-1-3-17(14,15)6-8/h4-5,8H,1-3,6H2,(H,12,13). The summed E-state index contributed by atoms with van der Waals surface area (Å²) in [6.45, 7) is 0. The topological polar surface area (TPSA) is 63.2 Å². The molecule has 0 radical (unpaired) electrons. The van der Waals surface area contributed by atoms with Gasteiger partial charge < -0.3 is 5.32 Å². The van der Waals surface area contributed by atoms with Crippen LogP contribution in [0.4, 0.5) is 0 Å². The molecule has 0 aliphatic carbocycles. The molecule has 2 heterocycles. The number of amides is 1. The molecule has 7 heteroatoms. The Morgan fingerprint density at radius 1 is 1.53 bits per heavy atom. The zero-order valence-corrected chi connectivity index (χ0v) is 12.2. The van der Waals surface area contributed by atoms with E-state index in [0.717, 1.165) is 10.2 Å². The predicted molar refractivity (Wildman–Crippen MR) is 71.2 cm³/mol. The molecular weight excluding hydrogens is 326 g/mol. The molecule has 1 fully saturated rings. The normalized spacial score (nSPS) is 23.2. The first-order chi connectivity index (χ1) is 7.96. The highest BCUT2D eigenvalue weighted by Crippen LogP contribution is 2.21. The van der Waals surface area contributed by atoms with Crippen molar-refractivity contribution < 1.29 is 13.2 Å². The Morgan fingerprint density at radius 2 is 2.29 bits per heavy atom. The summed E-state index contributed by atoms with van der Waals surface area (Å²) >= 11 is 4.72. The van der Waals surface area contributed by atoms with Crippen LogP contribution in [-0.2, 0) is 9.84 Å². The van der Waals surface area contributed by atoms with Crippen LogP contribution in [0.15, 0.2) is 15.2 Å². The van der Waals surface area contributed by atoms with E-state index < -0.39 is 9.84 Å². The van der Waals surface area contributed by atoms with Crippen molar-refractivity contribution in [2.24, 2.45) is 0 Å². The molecule has 1 aromatic rings.